The van der Waals surface area contributed by atoms with Gasteiger partial charge in [0.25, 0.3) is 0 Å². The number of allylic oxidation sites excluding steroid dienone is 2. The van der Waals surface area contributed by atoms with E-state index in [1.165, 1.54) is 112 Å². The Balaban J connectivity index is 0.00000187. The molecule has 0 bridgehead atoms. The predicted octanol–water partition coefficient (Wildman–Crippen LogP) is 14.9. The monoisotopic (exact) mass is 880 g/mol. The summed E-state index contributed by atoms with van der Waals surface area (Å²) in [5.41, 5.74) is 16.4. The van der Waals surface area contributed by atoms with E-state index in [1.807, 2.05) is 11.1 Å². The fourth-order valence-electron chi connectivity index (χ4n) is 12.5. The van der Waals surface area contributed by atoms with Crippen LogP contribution < -0.4 is 0 Å². The quantitative estimate of drug-likeness (QED) is 0.169. The molecule has 0 amide bonds. The number of benzene rings is 4. The SMILES string of the molecule is C1=C(C2CCCCC2)[CH]([Hf]2([CH]3C(C4CCCCC4)=Cc4c(-c5ccccc5)cccc43)[CH]3CCCC[CH]32)c2cccc(-c3ccccc3)c21.Cl.Cl. The van der Waals surface area contributed by atoms with E-state index < -0.39 is 20.0 Å². The van der Waals surface area contributed by atoms with Gasteiger partial charge in [0, 0.05) is 0 Å². The summed E-state index contributed by atoms with van der Waals surface area (Å²) >= 11 is -3.31. The van der Waals surface area contributed by atoms with Crippen LogP contribution in [0, 0.1) is 11.8 Å². The van der Waals surface area contributed by atoms with Crippen molar-refractivity contribution in [2.75, 3.05) is 0 Å². The standard InChI is InChI=1S/2C21H21.C6H10.2ClH.Hf/c2*1-3-8-16(9-4-1)19-14-18-12-7-13-20(21(18)15-19)17-10-5-2-6-11-17;1-2-4-6-5-3-1;;;/h2*2,5-7,10-16H,1,3-4,8-9H2;1-2H,3-6H2;2*1H;. The zero-order valence-corrected chi connectivity index (χ0v) is 35.3. The Morgan fingerprint density at radius 2 is 0.784 bits per heavy atom. The molecular weight excluding hydrogens is 826 g/mol. The Morgan fingerprint density at radius 3 is 1.20 bits per heavy atom. The van der Waals surface area contributed by atoms with Gasteiger partial charge < -0.3 is 0 Å². The maximum absolute atomic E-state index is 3.31. The van der Waals surface area contributed by atoms with E-state index in [0.717, 1.165) is 26.5 Å². The van der Waals surface area contributed by atoms with Crippen LogP contribution in [0.15, 0.2) is 108 Å². The van der Waals surface area contributed by atoms with Crippen LogP contribution in [-0.4, -0.2) is 0 Å². The molecule has 4 unspecified atom stereocenters. The molecule has 0 aromatic heterocycles. The largest absolute Gasteiger partial charge is 0.147 e. The summed E-state index contributed by atoms with van der Waals surface area (Å²) in [6, 6.07) is 37.8. The molecule has 1 saturated heterocycles. The van der Waals surface area contributed by atoms with E-state index in [4.69, 9.17) is 0 Å². The fourth-order valence-corrected chi connectivity index (χ4v) is 48.1. The van der Waals surface area contributed by atoms with Gasteiger partial charge in [0.05, 0.1) is 0 Å². The van der Waals surface area contributed by atoms with Crippen molar-refractivity contribution in [3.05, 3.63) is 130 Å². The molecule has 0 N–H and O–H groups in total. The summed E-state index contributed by atoms with van der Waals surface area (Å²) in [5, 5.41) is 0. The number of hydrogen-bond acceptors (Lipinski definition) is 0. The molecule has 0 spiro atoms. The van der Waals surface area contributed by atoms with Crippen LogP contribution in [0.1, 0.15) is 119 Å². The molecule has 3 saturated carbocycles. The third kappa shape index (κ3) is 5.86. The molecule has 4 fully saturated rings. The zero-order valence-electron chi connectivity index (χ0n) is 30.1. The van der Waals surface area contributed by atoms with Gasteiger partial charge in [0.1, 0.15) is 0 Å². The van der Waals surface area contributed by atoms with Crippen LogP contribution in [-0.2, 0) is 20.0 Å². The van der Waals surface area contributed by atoms with Gasteiger partial charge >= 0.3 is 301 Å². The zero-order chi connectivity index (χ0) is 32.4. The van der Waals surface area contributed by atoms with Crippen molar-refractivity contribution in [2.24, 2.45) is 11.8 Å². The molecule has 1 heterocycles. The van der Waals surface area contributed by atoms with E-state index in [1.54, 1.807) is 22.3 Å². The molecule has 6 aliphatic rings. The van der Waals surface area contributed by atoms with Crippen LogP contribution in [0.4, 0.5) is 0 Å². The Kier molecular flexibility index (Phi) is 10.5. The third-order valence-electron chi connectivity index (χ3n) is 14.5. The van der Waals surface area contributed by atoms with Crippen molar-refractivity contribution < 1.29 is 20.0 Å². The van der Waals surface area contributed by atoms with Crippen LogP contribution >= 0.6 is 24.8 Å². The first-order valence-corrected chi connectivity index (χ1v) is 28.4. The minimum atomic E-state index is -3.31. The van der Waals surface area contributed by atoms with Crippen LogP contribution in [0.5, 0.6) is 0 Å². The average molecular weight is 880 g/mol. The molecule has 0 nitrogen and oxygen atoms in total. The fraction of sp³-hybridized carbons (Fsp3) is 0.417. The van der Waals surface area contributed by atoms with E-state index in [-0.39, 0.29) is 24.8 Å². The van der Waals surface area contributed by atoms with Gasteiger partial charge in [-0.2, -0.15) is 0 Å². The van der Waals surface area contributed by atoms with Crippen molar-refractivity contribution in [1.29, 1.82) is 0 Å². The smallest absolute Gasteiger partial charge is 0.147 e. The van der Waals surface area contributed by atoms with E-state index >= 15 is 0 Å². The number of fused-ring (bicyclic) bond motifs is 3. The second-order valence-electron chi connectivity index (χ2n) is 16.7. The van der Waals surface area contributed by atoms with Gasteiger partial charge in [-0.25, -0.2) is 0 Å². The molecule has 4 aromatic carbocycles. The molecule has 4 aromatic rings. The molecule has 1 aliphatic heterocycles. The maximum Gasteiger partial charge on any atom is -0.147 e. The molecule has 3 heteroatoms. The normalized spacial score (nSPS) is 28.3. The van der Waals surface area contributed by atoms with Gasteiger partial charge in [-0.15, -0.1) is 24.8 Å². The third-order valence-corrected chi connectivity index (χ3v) is 39.1. The van der Waals surface area contributed by atoms with E-state index in [9.17, 15) is 0 Å². The molecular formula is C48H54Cl2Hf. The van der Waals surface area contributed by atoms with Crippen LogP contribution in [0.25, 0.3) is 34.4 Å². The summed E-state index contributed by atoms with van der Waals surface area (Å²) < 4.78 is 3.61. The summed E-state index contributed by atoms with van der Waals surface area (Å²) in [6.07, 6.45) is 25.9. The molecule has 264 valence electrons. The Hall–Kier alpha value is -2.19. The number of hydrogen-bond donors (Lipinski definition) is 0. The van der Waals surface area contributed by atoms with Gasteiger partial charge in [0.2, 0.25) is 0 Å². The summed E-state index contributed by atoms with van der Waals surface area (Å²) in [7, 11) is 0. The minimum Gasteiger partial charge on any atom is -0.147 e. The summed E-state index contributed by atoms with van der Waals surface area (Å²) in [5.74, 6) is 1.57. The Morgan fingerprint density at radius 1 is 0.392 bits per heavy atom. The summed E-state index contributed by atoms with van der Waals surface area (Å²) in [4.78, 5) is 0. The second-order valence-corrected chi connectivity index (χ2v) is 33.3. The molecule has 4 atom stereocenters. The number of rotatable bonds is 6. The van der Waals surface area contributed by atoms with Crippen molar-refractivity contribution in [3.8, 4) is 22.3 Å². The molecule has 0 radical (unpaired) electrons. The molecule has 51 heavy (non-hydrogen) atoms. The van der Waals surface area contributed by atoms with Crippen molar-refractivity contribution >= 4 is 37.0 Å². The Labute approximate surface area is 323 Å². The molecule has 10 rings (SSSR count). The first-order chi connectivity index (χ1) is 24.3. The first-order valence-electron chi connectivity index (χ1n) is 20.1. The van der Waals surface area contributed by atoms with E-state index in [2.05, 4.69) is 109 Å². The minimum absolute atomic E-state index is 0. The maximum atomic E-state index is 2.84. The van der Waals surface area contributed by atoms with E-state index in [0.29, 0.717) is 0 Å². The average Bonchev–Trinajstić information content (AvgIpc) is 3.44. The van der Waals surface area contributed by atoms with Crippen LogP contribution in [0.2, 0.25) is 7.35 Å². The predicted molar refractivity (Wildman–Crippen MR) is 219 cm³/mol. The summed E-state index contributed by atoms with van der Waals surface area (Å²) in [6.45, 7) is 0. The molecule has 5 aliphatic carbocycles. The van der Waals surface area contributed by atoms with Crippen LogP contribution in [0.3, 0.4) is 0 Å². The number of halogens is 2. The second kappa shape index (κ2) is 14.9. The van der Waals surface area contributed by atoms with Gasteiger partial charge in [-0.1, -0.05) is 0 Å². The first kappa shape index (κ1) is 35.8. The van der Waals surface area contributed by atoms with Gasteiger partial charge in [0.15, 0.2) is 0 Å². The topological polar surface area (TPSA) is 0 Å². The Bertz CT molecular complexity index is 1770. The van der Waals surface area contributed by atoms with Crippen molar-refractivity contribution in [2.45, 2.75) is 105 Å². The van der Waals surface area contributed by atoms with Gasteiger partial charge in [-0.05, 0) is 0 Å². The van der Waals surface area contributed by atoms with Crippen molar-refractivity contribution in [3.63, 3.8) is 0 Å². The van der Waals surface area contributed by atoms with Crippen molar-refractivity contribution in [1.82, 2.24) is 0 Å². The van der Waals surface area contributed by atoms with Gasteiger partial charge in [-0.3, -0.25) is 0 Å².